The van der Waals surface area contributed by atoms with Crippen molar-refractivity contribution in [3.8, 4) is 11.3 Å². The van der Waals surface area contributed by atoms with Crippen molar-refractivity contribution in [3.05, 3.63) is 73.1 Å². The number of imidazole rings is 1. The maximum absolute atomic E-state index is 4.76. The lowest BCUT2D eigenvalue weighted by Gasteiger charge is -2.34. The van der Waals surface area contributed by atoms with Gasteiger partial charge in [0.1, 0.15) is 5.65 Å². The molecule has 28 heavy (non-hydrogen) atoms. The van der Waals surface area contributed by atoms with Gasteiger partial charge in [0.2, 0.25) is 5.95 Å². The summed E-state index contributed by atoms with van der Waals surface area (Å²) < 4.78 is 2.07. The van der Waals surface area contributed by atoms with E-state index in [1.165, 1.54) is 0 Å². The van der Waals surface area contributed by atoms with Crippen LogP contribution in [0.2, 0.25) is 0 Å². The molecule has 0 spiro atoms. The van der Waals surface area contributed by atoms with Crippen LogP contribution in [-0.4, -0.2) is 55.4 Å². The van der Waals surface area contributed by atoms with Gasteiger partial charge in [0.15, 0.2) is 0 Å². The third kappa shape index (κ3) is 3.44. The number of pyridine rings is 2. The highest BCUT2D eigenvalue weighted by Crippen LogP contribution is 2.19. The van der Waals surface area contributed by atoms with Crippen molar-refractivity contribution in [2.45, 2.75) is 6.54 Å². The summed E-state index contributed by atoms with van der Waals surface area (Å²) in [5.74, 6) is 0.793. The molecule has 1 fully saturated rings. The Morgan fingerprint density at radius 3 is 2.54 bits per heavy atom. The lowest BCUT2D eigenvalue weighted by Crippen LogP contribution is -2.46. The molecule has 1 saturated heterocycles. The molecule has 1 aliphatic heterocycles. The van der Waals surface area contributed by atoms with Crippen LogP contribution in [0.25, 0.3) is 16.9 Å². The third-order valence-corrected chi connectivity index (χ3v) is 5.07. The van der Waals surface area contributed by atoms with Crippen molar-refractivity contribution >= 4 is 11.6 Å². The minimum Gasteiger partial charge on any atom is -0.338 e. The largest absolute Gasteiger partial charge is 0.338 e. The van der Waals surface area contributed by atoms with Gasteiger partial charge in [0.25, 0.3) is 0 Å². The van der Waals surface area contributed by atoms with Crippen molar-refractivity contribution in [2.24, 2.45) is 0 Å². The van der Waals surface area contributed by atoms with Crippen LogP contribution in [-0.2, 0) is 6.54 Å². The Labute approximate surface area is 163 Å². The minimum absolute atomic E-state index is 0.793. The molecule has 5 heterocycles. The van der Waals surface area contributed by atoms with E-state index in [-0.39, 0.29) is 0 Å². The molecule has 0 amide bonds. The number of anilines is 1. The maximum Gasteiger partial charge on any atom is 0.225 e. The predicted molar refractivity (Wildman–Crippen MR) is 108 cm³/mol. The van der Waals surface area contributed by atoms with Gasteiger partial charge in [-0.25, -0.2) is 15.0 Å². The van der Waals surface area contributed by atoms with E-state index in [1.807, 2.05) is 48.8 Å². The molecule has 1 aliphatic rings. The summed E-state index contributed by atoms with van der Waals surface area (Å²) >= 11 is 0. The molecule has 7 heteroatoms. The van der Waals surface area contributed by atoms with Gasteiger partial charge in [-0.2, -0.15) is 0 Å². The average Bonchev–Trinajstić information content (AvgIpc) is 3.17. The highest BCUT2D eigenvalue weighted by molar-refractivity contribution is 5.59. The van der Waals surface area contributed by atoms with Crippen LogP contribution >= 0.6 is 0 Å². The second-order valence-electron chi connectivity index (χ2n) is 6.94. The summed E-state index contributed by atoms with van der Waals surface area (Å²) in [6, 6.07) is 12.0. The molecule has 0 aromatic carbocycles. The van der Waals surface area contributed by atoms with E-state index in [9.17, 15) is 0 Å². The van der Waals surface area contributed by atoms with E-state index >= 15 is 0 Å². The first kappa shape index (κ1) is 16.8. The fourth-order valence-corrected chi connectivity index (χ4v) is 3.58. The smallest absolute Gasteiger partial charge is 0.225 e. The van der Waals surface area contributed by atoms with Gasteiger partial charge in [0, 0.05) is 69.3 Å². The maximum atomic E-state index is 4.76. The molecule has 0 radical (unpaired) electrons. The van der Waals surface area contributed by atoms with E-state index in [1.54, 1.807) is 12.4 Å². The topological polar surface area (TPSA) is 62.5 Å². The first-order valence-corrected chi connectivity index (χ1v) is 9.48. The highest BCUT2D eigenvalue weighted by Gasteiger charge is 2.20. The fourth-order valence-electron chi connectivity index (χ4n) is 3.58. The fraction of sp³-hybridized carbons (Fsp3) is 0.238. The number of piperazine rings is 1. The second-order valence-corrected chi connectivity index (χ2v) is 6.94. The van der Waals surface area contributed by atoms with Crippen molar-refractivity contribution in [1.82, 2.24) is 29.2 Å². The van der Waals surface area contributed by atoms with Crippen LogP contribution in [0.15, 0.2) is 67.4 Å². The van der Waals surface area contributed by atoms with Crippen LogP contribution in [0, 0.1) is 0 Å². The van der Waals surface area contributed by atoms with Crippen LogP contribution in [0.1, 0.15) is 5.69 Å². The molecule has 4 aromatic heterocycles. The molecule has 5 rings (SSSR count). The second kappa shape index (κ2) is 7.36. The molecule has 0 bridgehead atoms. The first-order valence-electron chi connectivity index (χ1n) is 9.48. The average molecular weight is 371 g/mol. The number of fused-ring (bicyclic) bond motifs is 1. The SMILES string of the molecule is c1ccn2cc(CN3CCN(c4nccc(-c5ccncc5)n4)CC3)nc2c1. The van der Waals surface area contributed by atoms with Gasteiger partial charge in [-0.05, 0) is 30.3 Å². The Hall–Kier alpha value is -3.32. The molecule has 0 saturated carbocycles. The summed E-state index contributed by atoms with van der Waals surface area (Å²) in [6.45, 7) is 4.63. The van der Waals surface area contributed by atoms with Crippen LogP contribution in [0.4, 0.5) is 5.95 Å². The summed E-state index contributed by atoms with van der Waals surface area (Å²) in [7, 11) is 0. The van der Waals surface area contributed by atoms with Gasteiger partial charge < -0.3 is 9.30 Å². The van der Waals surface area contributed by atoms with Gasteiger partial charge in [-0.1, -0.05) is 6.07 Å². The number of aromatic nitrogens is 5. The van der Waals surface area contributed by atoms with Gasteiger partial charge in [0.05, 0.1) is 11.4 Å². The summed E-state index contributed by atoms with van der Waals surface area (Å²) in [5, 5.41) is 0. The van der Waals surface area contributed by atoms with Gasteiger partial charge in [-0.15, -0.1) is 0 Å². The zero-order valence-electron chi connectivity index (χ0n) is 15.5. The Morgan fingerprint density at radius 1 is 0.857 bits per heavy atom. The lowest BCUT2D eigenvalue weighted by molar-refractivity contribution is 0.246. The van der Waals surface area contributed by atoms with E-state index in [4.69, 9.17) is 9.97 Å². The van der Waals surface area contributed by atoms with E-state index < -0.39 is 0 Å². The molecule has 7 nitrogen and oxygen atoms in total. The molecule has 140 valence electrons. The molecule has 0 aliphatic carbocycles. The van der Waals surface area contributed by atoms with Gasteiger partial charge >= 0.3 is 0 Å². The normalized spacial score (nSPS) is 15.2. The van der Waals surface area contributed by atoms with Crippen molar-refractivity contribution in [2.75, 3.05) is 31.1 Å². The Balaban J connectivity index is 1.24. The van der Waals surface area contributed by atoms with Crippen LogP contribution in [0.3, 0.4) is 0 Å². The summed E-state index contributed by atoms with van der Waals surface area (Å²) in [4.78, 5) is 22.7. The van der Waals surface area contributed by atoms with E-state index in [2.05, 4.69) is 30.4 Å². The number of nitrogens with zero attached hydrogens (tertiary/aromatic N) is 7. The molecule has 0 atom stereocenters. The Morgan fingerprint density at radius 2 is 1.71 bits per heavy atom. The molecular weight excluding hydrogens is 350 g/mol. The lowest BCUT2D eigenvalue weighted by atomic mass is 10.2. The minimum atomic E-state index is 0.793. The number of hydrogen-bond acceptors (Lipinski definition) is 6. The first-order chi connectivity index (χ1) is 13.8. The third-order valence-electron chi connectivity index (χ3n) is 5.07. The van der Waals surface area contributed by atoms with Crippen molar-refractivity contribution in [1.29, 1.82) is 0 Å². The molecule has 0 N–H and O–H groups in total. The standard InChI is InChI=1S/C21H21N7/c1-2-10-28-16-18(24-20(28)3-1)15-26-11-13-27(14-12-26)21-23-9-6-19(25-21)17-4-7-22-8-5-17/h1-10,16H,11-15H2. The van der Waals surface area contributed by atoms with Crippen LogP contribution in [0.5, 0.6) is 0 Å². The van der Waals surface area contributed by atoms with E-state index in [0.29, 0.717) is 0 Å². The van der Waals surface area contributed by atoms with Crippen LogP contribution < -0.4 is 4.90 Å². The zero-order chi connectivity index (χ0) is 18.8. The Kier molecular flexibility index (Phi) is 4.42. The quantitative estimate of drug-likeness (QED) is 0.549. The van der Waals surface area contributed by atoms with E-state index in [0.717, 1.165) is 61.3 Å². The highest BCUT2D eigenvalue weighted by atomic mass is 15.3. The van der Waals surface area contributed by atoms with Gasteiger partial charge in [-0.3, -0.25) is 9.88 Å². The monoisotopic (exact) mass is 371 g/mol. The number of rotatable bonds is 4. The number of hydrogen-bond donors (Lipinski definition) is 0. The zero-order valence-corrected chi connectivity index (χ0v) is 15.5. The summed E-state index contributed by atoms with van der Waals surface area (Å²) in [6.07, 6.45) is 9.56. The van der Waals surface area contributed by atoms with Crippen molar-refractivity contribution < 1.29 is 0 Å². The predicted octanol–water partition coefficient (Wildman–Crippen LogP) is 2.51. The molecule has 4 aromatic rings. The summed E-state index contributed by atoms with van der Waals surface area (Å²) in [5.41, 5.74) is 4.09. The Bertz CT molecular complexity index is 1040. The van der Waals surface area contributed by atoms with Crippen molar-refractivity contribution in [3.63, 3.8) is 0 Å². The molecular formula is C21H21N7. The molecule has 0 unspecified atom stereocenters.